The number of unbranched alkanes of at least 4 members (excludes halogenated alkanes) is 1. The number of halogens is 1. The van der Waals surface area contributed by atoms with Gasteiger partial charge in [-0.3, -0.25) is 0 Å². The van der Waals surface area contributed by atoms with Gasteiger partial charge in [0.05, 0.1) is 0 Å². The van der Waals surface area contributed by atoms with Crippen molar-refractivity contribution >= 4 is 27.7 Å². The highest BCUT2D eigenvalue weighted by molar-refractivity contribution is 9.10. The fourth-order valence-electron chi connectivity index (χ4n) is 1.76. The molecule has 0 aliphatic heterocycles. The van der Waals surface area contributed by atoms with Gasteiger partial charge >= 0.3 is 0 Å². The van der Waals surface area contributed by atoms with Crippen molar-refractivity contribution in [3.05, 3.63) is 33.3 Å². The van der Waals surface area contributed by atoms with Gasteiger partial charge < -0.3 is 0 Å². The van der Waals surface area contributed by atoms with Gasteiger partial charge in [0.2, 0.25) is 0 Å². The van der Waals surface area contributed by atoms with Crippen LogP contribution in [0.2, 0.25) is 0 Å². The van der Waals surface area contributed by atoms with Gasteiger partial charge in [0, 0.05) is 4.47 Å². The van der Waals surface area contributed by atoms with Gasteiger partial charge in [-0.05, 0) is 61.8 Å². The van der Waals surface area contributed by atoms with E-state index in [1.165, 1.54) is 46.2 Å². The van der Waals surface area contributed by atoms with Gasteiger partial charge in [0.25, 0.3) is 0 Å². The molecule has 0 radical (unpaired) electrons. The molecule has 0 amide bonds. The van der Waals surface area contributed by atoms with E-state index < -0.39 is 0 Å². The summed E-state index contributed by atoms with van der Waals surface area (Å²) in [4.78, 5) is 0. The predicted octanol–water partition coefficient (Wildman–Crippen LogP) is 4.75. The summed E-state index contributed by atoms with van der Waals surface area (Å²) < 4.78 is 1.26. The maximum atomic E-state index is 3.60. The summed E-state index contributed by atoms with van der Waals surface area (Å²) in [6.07, 6.45) is 6.03. The Morgan fingerprint density at radius 2 is 1.73 bits per heavy atom. The average Bonchev–Trinajstić information content (AvgIpc) is 2.21. The summed E-state index contributed by atoms with van der Waals surface area (Å²) in [6.45, 7) is 4.34. The van der Waals surface area contributed by atoms with E-state index in [9.17, 15) is 0 Å². The topological polar surface area (TPSA) is 0 Å². The summed E-state index contributed by atoms with van der Waals surface area (Å²) in [7, 11) is 0. The minimum Gasteiger partial charge on any atom is -0.165 e. The van der Waals surface area contributed by atoms with Crippen LogP contribution < -0.4 is 0 Å². The fraction of sp³-hybridized carbons (Fsp3) is 0.538. The van der Waals surface area contributed by atoms with E-state index >= 15 is 0 Å². The first kappa shape index (κ1) is 13.1. The number of aryl methyl sites for hydroxylation is 3. The number of rotatable bonds is 5. The quantitative estimate of drug-likeness (QED) is 0.704. The van der Waals surface area contributed by atoms with Crippen LogP contribution in [0.25, 0.3) is 0 Å². The van der Waals surface area contributed by atoms with Gasteiger partial charge in [-0.15, -0.1) is 0 Å². The molecule has 0 bridgehead atoms. The summed E-state index contributed by atoms with van der Waals surface area (Å²) in [5, 5.41) is 0. The molecule has 0 N–H and O–H groups in total. The maximum absolute atomic E-state index is 3.60. The zero-order valence-corrected chi connectivity index (χ0v) is 12.2. The van der Waals surface area contributed by atoms with Gasteiger partial charge in [-0.1, -0.05) is 28.1 Å². The van der Waals surface area contributed by atoms with Crippen molar-refractivity contribution in [2.24, 2.45) is 0 Å². The molecule has 15 heavy (non-hydrogen) atoms. The van der Waals surface area contributed by atoms with Crippen LogP contribution in [0.5, 0.6) is 0 Å². The average molecular weight is 287 g/mol. The fourth-order valence-corrected chi connectivity index (χ4v) is 2.48. The smallest absolute Gasteiger partial charge is 0.0233 e. The lowest BCUT2D eigenvalue weighted by Crippen LogP contribution is -1.91. The Labute approximate surface area is 106 Å². The van der Waals surface area contributed by atoms with Crippen molar-refractivity contribution in [2.45, 2.75) is 33.1 Å². The molecule has 1 aromatic carbocycles. The molecule has 0 fully saturated rings. The van der Waals surface area contributed by atoms with Crippen LogP contribution in [0.4, 0.5) is 0 Å². The van der Waals surface area contributed by atoms with Crippen molar-refractivity contribution < 1.29 is 0 Å². The first-order chi connectivity index (χ1) is 7.15. The van der Waals surface area contributed by atoms with Gasteiger partial charge in [-0.2, -0.15) is 11.8 Å². The molecule has 0 atom stereocenters. The van der Waals surface area contributed by atoms with Crippen LogP contribution in [0, 0.1) is 13.8 Å². The van der Waals surface area contributed by atoms with E-state index in [2.05, 4.69) is 48.2 Å². The molecule has 0 aliphatic rings. The summed E-state index contributed by atoms with van der Waals surface area (Å²) in [6, 6.07) is 4.60. The van der Waals surface area contributed by atoms with Crippen LogP contribution in [-0.2, 0) is 6.42 Å². The lowest BCUT2D eigenvalue weighted by atomic mass is 10.0. The number of benzene rings is 1. The zero-order valence-electron chi connectivity index (χ0n) is 9.77. The summed E-state index contributed by atoms with van der Waals surface area (Å²) >= 11 is 5.54. The van der Waals surface area contributed by atoms with E-state index in [1.54, 1.807) is 0 Å². The van der Waals surface area contributed by atoms with Crippen molar-refractivity contribution in [3.63, 3.8) is 0 Å². The second kappa shape index (κ2) is 6.59. The lowest BCUT2D eigenvalue weighted by molar-refractivity contribution is 0.801. The monoisotopic (exact) mass is 286 g/mol. The molecule has 0 aliphatic carbocycles. The highest BCUT2D eigenvalue weighted by Crippen LogP contribution is 2.23. The summed E-state index contributed by atoms with van der Waals surface area (Å²) in [5.41, 5.74) is 4.19. The third kappa shape index (κ3) is 4.20. The Morgan fingerprint density at radius 3 is 2.27 bits per heavy atom. The summed E-state index contributed by atoms with van der Waals surface area (Å²) in [5.74, 6) is 1.29. The second-order valence-corrected chi connectivity index (χ2v) is 5.77. The molecule has 84 valence electrons. The maximum Gasteiger partial charge on any atom is 0.0233 e. The van der Waals surface area contributed by atoms with Crippen molar-refractivity contribution in [1.29, 1.82) is 0 Å². The molecular weight excluding hydrogens is 268 g/mol. The van der Waals surface area contributed by atoms with Gasteiger partial charge in [0.1, 0.15) is 0 Å². The van der Waals surface area contributed by atoms with Gasteiger partial charge in [0.15, 0.2) is 0 Å². The Morgan fingerprint density at radius 1 is 1.13 bits per heavy atom. The van der Waals surface area contributed by atoms with Crippen molar-refractivity contribution in [1.82, 2.24) is 0 Å². The molecule has 0 nitrogen and oxygen atoms in total. The standard InChI is InChI=1S/C13H19BrS/c1-10-8-12(6-4-5-7-15-3)9-11(2)13(10)14/h8-9H,4-7H2,1-3H3. The molecule has 0 saturated heterocycles. The van der Waals surface area contributed by atoms with Crippen molar-refractivity contribution in [3.8, 4) is 0 Å². The van der Waals surface area contributed by atoms with Crippen LogP contribution >= 0.6 is 27.7 Å². The Kier molecular flexibility index (Phi) is 5.77. The molecule has 1 rings (SSSR count). The molecule has 0 heterocycles. The molecule has 0 unspecified atom stereocenters. The van der Waals surface area contributed by atoms with Crippen LogP contribution in [0.3, 0.4) is 0 Å². The highest BCUT2D eigenvalue weighted by Gasteiger charge is 2.01. The predicted molar refractivity (Wildman–Crippen MR) is 74.9 cm³/mol. The van der Waals surface area contributed by atoms with Gasteiger partial charge in [-0.25, -0.2) is 0 Å². The molecule has 2 heteroatoms. The van der Waals surface area contributed by atoms with E-state index in [0.717, 1.165) is 0 Å². The van der Waals surface area contributed by atoms with Crippen LogP contribution in [0.15, 0.2) is 16.6 Å². The van der Waals surface area contributed by atoms with Crippen LogP contribution in [0.1, 0.15) is 29.5 Å². The van der Waals surface area contributed by atoms with E-state index in [1.807, 2.05) is 11.8 Å². The van der Waals surface area contributed by atoms with E-state index in [-0.39, 0.29) is 0 Å². The molecular formula is C13H19BrS. The largest absolute Gasteiger partial charge is 0.165 e. The Hall–Kier alpha value is 0.0500. The molecule has 0 saturated carbocycles. The Bertz CT molecular complexity index is 297. The SMILES string of the molecule is CSCCCCc1cc(C)c(Br)c(C)c1. The van der Waals surface area contributed by atoms with E-state index in [4.69, 9.17) is 0 Å². The third-order valence-electron chi connectivity index (χ3n) is 2.56. The Balaban J connectivity index is 2.55. The van der Waals surface area contributed by atoms with E-state index in [0.29, 0.717) is 0 Å². The molecule has 1 aromatic rings. The minimum absolute atomic E-state index is 1.22. The number of thioether (sulfide) groups is 1. The number of hydrogen-bond acceptors (Lipinski definition) is 1. The highest BCUT2D eigenvalue weighted by atomic mass is 79.9. The molecule has 0 aromatic heterocycles. The zero-order chi connectivity index (χ0) is 11.3. The molecule has 0 spiro atoms. The van der Waals surface area contributed by atoms with Crippen LogP contribution in [-0.4, -0.2) is 12.0 Å². The second-order valence-electron chi connectivity index (χ2n) is 3.99. The first-order valence-corrected chi connectivity index (χ1v) is 7.58. The normalized spacial score (nSPS) is 10.7. The minimum atomic E-state index is 1.22. The number of hydrogen-bond donors (Lipinski definition) is 0. The van der Waals surface area contributed by atoms with Crippen molar-refractivity contribution in [2.75, 3.05) is 12.0 Å². The first-order valence-electron chi connectivity index (χ1n) is 5.39. The lowest BCUT2D eigenvalue weighted by Gasteiger charge is -2.07. The third-order valence-corrected chi connectivity index (χ3v) is 4.51.